The second-order valence-corrected chi connectivity index (χ2v) is 5.79. The Labute approximate surface area is 109 Å². The topological polar surface area (TPSA) is 72.9 Å². The molecular weight excluding hydrogens is 228 g/mol. The van der Waals surface area contributed by atoms with E-state index in [1.807, 2.05) is 10.8 Å². The maximum atomic E-state index is 12.0. The number of carbonyl (C=O) groups excluding carboxylic acids is 1. The highest BCUT2D eigenvalue weighted by molar-refractivity contribution is 5.78. The molecule has 102 valence electrons. The smallest absolute Gasteiger partial charge is 0.224 e. The van der Waals surface area contributed by atoms with Crippen LogP contribution in [0.25, 0.3) is 0 Å². The molecular formula is C13H24N4O. The van der Waals surface area contributed by atoms with Crippen molar-refractivity contribution in [2.45, 2.75) is 33.7 Å². The third-order valence-electron chi connectivity index (χ3n) is 2.74. The largest absolute Gasteiger partial charge is 0.354 e. The first-order chi connectivity index (χ1) is 8.42. The number of nitrogens with zero attached hydrogens (tertiary/aromatic N) is 2. The Morgan fingerprint density at radius 2 is 2.22 bits per heavy atom. The van der Waals surface area contributed by atoms with E-state index >= 15 is 0 Å². The highest BCUT2D eigenvalue weighted by Crippen LogP contribution is 2.23. The van der Waals surface area contributed by atoms with Crippen LogP contribution in [-0.4, -0.2) is 28.5 Å². The molecule has 1 unspecified atom stereocenters. The molecule has 0 spiro atoms. The molecule has 18 heavy (non-hydrogen) atoms. The van der Waals surface area contributed by atoms with Crippen molar-refractivity contribution in [3.05, 3.63) is 18.7 Å². The van der Waals surface area contributed by atoms with Crippen LogP contribution >= 0.6 is 0 Å². The van der Waals surface area contributed by atoms with Crippen LogP contribution in [0.5, 0.6) is 0 Å². The minimum atomic E-state index is -0.104. The molecule has 0 radical (unpaired) electrons. The zero-order valence-corrected chi connectivity index (χ0v) is 11.5. The van der Waals surface area contributed by atoms with E-state index in [0.29, 0.717) is 13.1 Å². The average molecular weight is 252 g/mol. The maximum Gasteiger partial charge on any atom is 0.224 e. The van der Waals surface area contributed by atoms with Gasteiger partial charge in [0.05, 0.1) is 12.2 Å². The van der Waals surface area contributed by atoms with Crippen molar-refractivity contribution >= 4 is 5.91 Å². The van der Waals surface area contributed by atoms with Crippen molar-refractivity contribution in [3.8, 4) is 0 Å². The van der Waals surface area contributed by atoms with E-state index in [4.69, 9.17) is 5.73 Å². The van der Waals surface area contributed by atoms with E-state index < -0.39 is 0 Å². The van der Waals surface area contributed by atoms with Crippen LogP contribution < -0.4 is 11.1 Å². The van der Waals surface area contributed by atoms with Crippen molar-refractivity contribution < 1.29 is 4.79 Å². The third kappa shape index (κ3) is 5.31. The van der Waals surface area contributed by atoms with Gasteiger partial charge < -0.3 is 15.6 Å². The van der Waals surface area contributed by atoms with Crippen LogP contribution in [0.2, 0.25) is 0 Å². The van der Waals surface area contributed by atoms with Gasteiger partial charge in [-0.05, 0) is 11.8 Å². The van der Waals surface area contributed by atoms with Crippen molar-refractivity contribution in [2.24, 2.45) is 17.1 Å². The zero-order chi connectivity index (χ0) is 13.6. The molecule has 1 amide bonds. The van der Waals surface area contributed by atoms with Crippen molar-refractivity contribution in [1.82, 2.24) is 14.9 Å². The van der Waals surface area contributed by atoms with Crippen LogP contribution in [0, 0.1) is 11.3 Å². The van der Waals surface area contributed by atoms with Crippen LogP contribution in [-0.2, 0) is 11.3 Å². The Morgan fingerprint density at radius 3 is 2.72 bits per heavy atom. The fourth-order valence-electron chi connectivity index (χ4n) is 1.89. The van der Waals surface area contributed by atoms with E-state index in [-0.39, 0.29) is 17.2 Å². The van der Waals surface area contributed by atoms with Gasteiger partial charge in [-0.2, -0.15) is 0 Å². The van der Waals surface area contributed by atoms with Gasteiger partial charge in [-0.1, -0.05) is 20.8 Å². The highest BCUT2D eigenvalue weighted by atomic mass is 16.1. The Kier molecular flexibility index (Phi) is 5.34. The van der Waals surface area contributed by atoms with Gasteiger partial charge in [0.1, 0.15) is 0 Å². The lowest BCUT2D eigenvalue weighted by atomic mass is 9.84. The highest BCUT2D eigenvalue weighted by Gasteiger charge is 2.23. The fourth-order valence-corrected chi connectivity index (χ4v) is 1.89. The normalized spacial score (nSPS) is 13.3. The van der Waals surface area contributed by atoms with Gasteiger partial charge in [0, 0.05) is 32.0 Å². The molecule has 1 aromatic heterocycles. The first-order valence-corrected chi connectivity index (χ1v) is 6.36. The van der Waals surface area contributed by atoms with Gasteiger partial charge in [0.2, 0.25) is 5.91 Å². The number of hydrogen-bond acceptors (Lipinski definition) is 3. The number of amides is 1. The van der Waals surface area contributed by atoms with E-state index in [0.717, 1.165) is 13.0 Å². The number of aromatic nitrogens is 2. The van der Waals surface area contributed by atoms with Gasteiger partial charge in [0.15, 0.2) is 0 Å². The second kappa shape index (κ2) is 6.54. The maximum absolute atomic E-state index is 12.0. The van der Waals surface area contributed by atoms with Crippen LogP contribution in [0.1, 0.15) is 27.2 Å². The van der Waals surface area contributed by atoms with Gasteiger partial charge in [-0.3, -0.25) is 4.79 Å². The number of carbonyl (C=O) groups is 1. The molecule has 0 aliphatic heterocycles. The van der Waals surface area contributed by atoms with Crippen molar-refractivity contribution in [1.29, 1.82) is 0 Å². The van der Waals surface area contributed by atoms with Gasteiger partial charge >= 0.3 is 0 Å². The van der Waals surface area contributed by atoms with Crippen LogP contribution in [0.15, 0.2) is 18.7 Å². The molecule has 5 nitrogen and oxygen atoms in total. The third-order valence-corrected chi connectivity index (χ3v) is 2.74. The molecule has 0 saturated carbocycles. The summed E-state index contributed by atoms with van der Waals surface area (Å²) in [5.41, 5.74) is 5.79. The lowest BCUT2D eigenvalue weighted by Gasteiger charge is -2.24. The molecule has 1 rings (SSSR count). The fraction of sp³-hybridized carbons (Fsp3) is 0.692. The zero-order valence-electron chi connectivity index (χ0n) is 11.5. The molecule has 0 aromatic carbocycles. The second-order valence-electron chi connectivity index (χ2n) is 5.79. The minimum Gasteiger partial charge on any atom is -0.354 e. The number of hydrogen-bond donors (Lipinski definition) is 2. The number of rotatable bonds is 6. The van der Waals surface area contributed by atoms with E-state index in [9.17, 15) is 4.79 Å². The summed E-state index contributed by atoms with van der Waals surface area (Å²) in [7, 11) is 0. The average Bonchev–Trinajstić information content (AvgIpc) is 2.77. The van der Waals surface area contributed by atoms with E-state index in [1.165, 1.54) is 0 Å². The summed E-state index contributed by atoms with van der Waals surface area (Å²) in [5.74, 6) is -0.0553. The van der Waals surface area contributed by atoms with Gasteiger partial charge in [-0.25, -0.2) is 4.98 Å². The molecule has 0 aliphatic rings. The number of nitrogens with two attached hydrogens (primary N) is 1. The first kappa shape index (κ1) is 14.7. The molecule has 1 atom stereocenters. The predicted octanol–water partition coefficient (Wildman–Crippen LogP) is 1.01. The minimum absolute atomic E-state index is 0.0486. The summed E-state index contributed by atoms with van der Waals surface area (Å²) in [6.07, 6.45) is 6.15. The molecule has 0 fully saturated rings. The molecule has 1 heterocycles. The standard InChI is InChI=1S/C13H24N4O/c1-13(2,3)8-11(9-14)12(18)16-5-7-17-6-4-15-10-17/h4,6,10-11H,5,7-9,14H2,1-3H3,(H,16,18). The SMILES string of the molecule is CC(C)(C)CC(CN)C(=O)NCCn1ccnc1. The Balaban J connectivity index is 2.33. The molecule has 1 aromatic rings. The van der Waals surface area contributed by atoms with Crippen LogP contribution in [0.3, 0.4) is 0 Å². The summed E-state index contributed by atoms with van der Waals surface area (Å²) in [5, 5.41) is 2.93. The van der Waals surface area contributed by atoms with Gasteiger partial charge in [0.25, 0.3) is 0 Å². The Hall–Kier alpha value is -1.36. The van der Waals surface area contributed by atoms with E-state index in [1.54, 1.807) is 12.5 Å². The summed E-state index contributed by atoms with van der Waals surface area (Å²) >= 11 is 0. The summed E-state index contributed by atoms with van der Waals surface area (Å²) in [4.78, 5) is 15.9. The van der Waals surface area contributed by atoms with Gasteiger partial charge in [-0.15, -0.1) is 0 Å². The monoisotopic (exact) mass is 252 g/mol. The van der Waals surface area contributed by atoms with Crippen molar-refractivity contribution in [2.75, 3.05) is 13.1 Å². The molecule has 0 saturated heterocycles. The Morgan fingerprint density at radius 1 is 1.50 bits per heavy atom. The number of imidazole rings is 1. The van der Waals surface area contributed by atoms with Crippen molar-refractivity contribution in [3.63, 3.8) is 0 Å². The lowest BCUT2D eigenvalue weighted by Crippen LogP contribution is -2.38. The van der Waals surface area contributed by atoms with Crippen LogP contribution in [0.4, 0.5) is 0 Å². The van der Waals surface area contributed by atoms with E-state index in [2.05, 4.69) is 31.1 Å². The first-order valence-electron chi connectivity index (χ1n) is 6.36. The molecule has 0 aliphatic carbocycles. The summed E-state index contributed by atoms with van der Waals surface area (Å²) in [6.45, 7) is 8.10. The summed E-state index contributed by atoms with van der Waals surface area (Å²) in [6, 6.07) is 0. The number of nitrogens with one attached hydrogen (secondary N) is 1. The summed E-state index contributed by atoms with van der Waals surface area (Å²) < 4.78 is 1.93. The quantitative estimate of drug-likeness (QED) is 0.793. The predicted molar refractivity (Wildman–Crippen MR) is 71.9 cm³/mol. The molecule has 0 bridgehead atoms. The lowest BCUT2D eigenvalue weighted by molar-refractivity contribution is -0.125. The molecule has 3 N–H and O–H groups in total. The Bertz CT molecular complexity index is 354. The molecule has 5 heteroatoms.